The van der Waals surface area contributed by atoms with Crippen LogP contribution in [0.15, 0.2) is 59.7 Å². The van der Waals surface area contributed by atoms with Crippen LogP contribution in [0.1, 0.15) is 13.8 Å². The Morgan fingerprint density at radius 2 is 1.93 bits per heavy atom. The van der Waals surface area contributed by atoms with Crippen LogP contribution in [0.2, 0.25) is 0 Å². The molecule has 0 spiro atoms. The van der Waals surface area contributed by atoms with E-state index in [1.54, 1.807) is 6.07 Å². The molecule has 0 bridgehead atoms. The van der Waals surface area contributed by atoms with E-state index in [0.717, 1.165) is 21.0 Å². The Balaban J connectivity index is 1.78. The van der Waals surface area contributed by atoms with Gasteiger partial charge >= 0.3 is 0 Å². The van der Waals surface area contributed by atoms with Crippen molar-refractivity contribution < 1.29 is 4.79 Å². The molecule has 2 aromatic carbocycles. The van der Waals surface area contributed by atoms with Gasteiger partial charge in [-0.05, 0) is 30.7 Å². The summed E-state index contributed by atoms with van der Waals surface area (Å²) in [4.78, 5) is 24.7. The van der Waals surface area contributed by atoms with Crippen molar-refractivity contribution in [3.05, 3.63) is 65.2 Å². The molecule has 7 nitrogen and oxygen atoms in total. The van der Waals surface area contributed by atoms with Crippen molar-refractivity contribution in [2.45, 2.75) is 26.4 Å². The van der Waals surface area contributed by atoms with E-state index in [0.29, 0.717) is 11.2 Å². The summed E-state index contributed by atoms with van der Waals surface area (Å²) >= 11 is 0. The van der Waals surface area contributed by atoms with Crippen LogP contribution in [-0.2, 0) is 11.3 Å². The van der Waals surface area contributed by atoms with Crippen molar-refractivity contribution in [3.63, 3.8) is 0 Å². The lowest BCUT2D eigenvalue weighted by atomic mass is 10.0. The molecule has 0 unspecified atom stereocenters. The highest BCUT2D eigenvalue weighted by Crippen LogP contribution is 2.27. The van der Waals surface area contributed by atoms with Gasteiger partial charge in [0.1, 0.15) is 18.4 Å². The molecule has 0 radical (unpaired) electrons. The highest BCUT2D eigenvalue weighted by molar-refractivity contribution is 5.96. The number of nitrogens with zero attached hydrogens (tertiary/aromatic N) is 4. The first kappa shape index (κ1) is 17.0. The average Bonchev–Trinajstić information content (AvgIpc) is 3.08. The Kier molecular flexibility index (Phi) is 4.19. The summed E-state index contributed by atoms with van der Waals surface area (Å²) in [5.41, 5.74) is 1.66. The number of rotatable bonds is 4. The van der Waals surface area contributed by atoms with Gasteiger partial charge in [-0.1, -0.05) is 42.5 Å². The first-order chi connectivity index (χ1) is 13.0. The second-order valence-corrected chi connectivity index (χ2v) is 6.70. The normalized spacial score (nSPS) is 11.4. The summed E-state index contributed by atoms with van der Waals surface area (Å²) in [6.45, 7) is 3.61. The van der Waals surface area contributed by atoms with E-state index in [4.69, 9.17) is 0 Å². The van der Waals surface area contributed by atoms with Crippen molar-refractivity contribution in [2.24, 2.45) is 0 Å². The van der Waals surface area contributed by atoms with E-state index in [9.17, 15) is 9.59 Å². The topological polar surface area (TPSA) is 81.3 Å². The zero-order valence-electron chi connectivity index (χ0n) is 15.1. The van der Waals surface area contributed by atoms with Gasteiger partial charge in [0.05, 0.1) is 5.69 Å². The number of aromatic nitrogens is 4. The lowest BCUT2D eigenvalue weighted by Gasteiger charge is -2.08. The van der Waals surface area contributed by atoms with Crippen LogP contribution in [0.3, 0.4) is 0 Å². The number of hydrogen-bond donors (Lipinski definition) is 1. The summed E-state index contributed by atoms with van der Waals surface area (Å²) in [5.74, 6) is -0.252. The Morgan fingerprint density at radius 3 is 2.74 bits per heavy atom. The standard InChI is InChI=1S/C20H19N5O2/c1-13(2)22-19(26)11-24-20(27)18-10-17(23-25(18)12-21-24)16-9-5-7-14-6-3-4-8-15(14)16/h3-10,12-13H,11H2,1-2H3,(H,22,26). The summed E-state index contributed by atoms with van der Waals surface area (Å²) < 4.78 is 2.61. The maximum absolute atomic E-state index is 12.7. The van der Waals surface area contributed by atoms with Gasteiger partial charge in [0.15, 0.2) is 0 Å². The number of nitrogens with one attached hydrogen (secondary N) is 1. The molecule has 0 aliphatic carbocycles. The van der Waals surface area contributed by atoms with Crippen LogP contribution < -0.4 is 10.9 Å². The molecule has 2 aromatic heterocycles. The Hall–Kier alpha value is -3.48. The van der Waals surface area contributed by atoms with Crippen molar-refractivity contribution in [1.29, 1.82) is 0 Å². The fourth-order valence-electron chi connectivity index (χ4n) is 3.13. The van der Waals surface area contributed by atoms with Crippen molar-refractivity contribution in [2.75, 3.05) is 0 Å². The van der Waals surface area contributed by atoms with E-state index in [-0.39, 0.29) is 24.1 Å². The molecule has 136 valence electrons. The van der Waals surface area contributed by atoms with Crippen LogP contribution in [0.5, 0.6) is 0 Å². The first-order valence-corrected chi connectivity index (χ1v) is 8.76. The monoisotopic (exact) mass is 361 g/mol. The predicted molar refractivity (Wildman–Crippen MR) is 103 cm³/mol. The zero-order valence-corrected chi connectivity index (χ0v) is 15.1. The first-order valence-electron chi connectivity index (χ1n) is 8.76. The summed E-state index contributed by atoms with van der Waals surface area (Å²) in [6.07, 6.45) is 1.45. The van der Waals surface area contributed by atoms with Gasteiger partial charge in [-0.25, -0.2) is 9.20 Å². The second-order valence-electron chi connectivity index (χ2n) is 6.70. The molecular weight excluding hydrogens is 342 g/mol. The van der Waals surface area contributed by atoms with Crippen molar-refractivity contribution in [1.82, 2.24) is 24.7 Å². The lowest BCUT2D eigenvalue weighted by molar-refractivity contribution is -0.122. The number of carbonyl (C=O) groups is 1. The molecule has 0 fully saturated rings. The SMILES string of the molecule is CC(C)NC(=O)Cn1ncn2nc(-c3cccc4ccccc34)cc2c1=O. The molecule has 0 saturated heterocycles. The molecule has 1 amide bonds. The molecular formula is C20H19N5O2. The number of hydrogen-bond acceptors (Lipinski definition) is 4. The summed E-state index contributed by atoms with van der Waals surface area (Å²) in [6, 6.07) is 15.8. The molecule has 1 N–H and O–H groups in total. The lowest BCUT2D eigenvalue weighted by Crippen LogP contribution is -2.37. The quantitative estimate of drug-likeness (QED) is 0.604. The molecule has 4 aromatic rings. The zero-order chi connectivity index (χ0) is 19.0. The third kappa shape index (κ3) is 3.19. The maximum atomic E-state index is 12.7. The predicted octanol–water partition coefficient (Wildman–Crippen LogP) is 2.24. The smallest absolute Gasteiger partial charge is 0.293 e. The Bertz CT molecular complexity index is 1200. The molecule has 27 heavy (non-hydrogen) atoms. The van der Waals surface area contributed by atoms with Gasteiger partial charge in [-0.2, -0.15) is 10.2 Å². The molecule has 0 saturated carbocycles. The third-order valence-corrected chi connectivity index (χ3v) is 4.30. The Morgan fingerprint density at radius 1 is 1.15 bits per heavy atom. The van der Waals surface area contributed by atoms with E-state index < -0.39 is 0 Å². The molecule has 4 rings (SSSR count). The van der Waals surface area contributed by atoms with Gasteiger partial charge in [0.25, 0.3) is 5.56 Å². The minimum absolute atomic E-state index is 0.00450. The van der Waals surface area contributed by atoms with E-state index in [2.05, 4.69) is 15.5 Å². The summed E-state index contributed by atoms with van der Waals surface area (Å²) in [7, 11) is 0. The van der Waals surface area contributed by atoms with E-state index in [1.165, 1.54) is 10.8 Å². The van der Waals surface area contributed by atoms with Crippen LogP contribution in [0.25, 0.3) is 27.5 Å². The fraction of sp³-hybridized carbons (Fsp3) is 0.200. The summed E-state index contributed by atoms with van der Waals surface area (Å²) in [5, 5.41) is 13.5. The molecule has 0 atom stereocenters. The number of amides is 1. The van der Waals surface area contributed by atoms with Crippen LogP contribution in [-0.4, -0.2) is 31.3 Å². The highest BCUT2D eigenvalue weighted by Gasteiger charge is 2.13. The highest BCUT2D eigenvalue weighted by atomic mass is 16.2. The second kappa shape index (κ2) is 6.68. The van der Waals surface area contributed by atoms with Gasteiger partial charge in [-0.15, -0.1) is 0 Å². The van der Waals surface area contributed by atoms with Crippen LogP contribution in [0.4, 0.5) is 0 Å². The largest absolute Gasteiger partial charge is 0.352 e. The molecule has 0 aliphatic rings. The van der Waals surface area contributed by atoms with Crippen LogP contribution in [0, 0.1) is 0 Å². The maximum Gasteiger partial charge on any atom is 0.293 e. The van der Waals surface area contributed by atoms with Gasteiger partial charge < -0.3 is 5.32 Å². The molecule has 0 aliphatic heterocycles. The van der Waals surface area contributed by atoms with E-state index in [1.807, 2.05) is 56.3 Å². The van der Waals surface area contributed by atoms with Gasteiger partial charge in [0.2, 0.25) is 5.91 Å². The number of carbonyl (C=O) groups excluding carboxylic acids is 1. The molecule has 2 heterocycles. The number of benzene rings is 2. The number of fused-ring (bicyclic) bond motifs is 2. The Labute approximate surface area is 155 Å². The van der Waals surface area contributed by atoms with Crippen LogP contribution >= 0.6 is 0 Å². The van der Waals surface area contributed by atoms with E-state index >= 15 is 0 Å². The van der Waals surface area contributed by atoms with Gasteiger partial charge in [0, 0.05) is 11.6 Å². The fourth-order valence-corrected chi connectivity index (χ4v) is 3.13. The van der Waals surface area contributed by atoms with Crippen molar-refractivity contribution in [3.8, 4) is 11.3 Å². The average molecular weight is 361 g/mol. The van der Waals surface area contributed by atoms with Crippen molar-refractivity contribution >= 4 is 22.2 Å². The third-order valence-electron chi connectivity index (χ3n) is 4.30. The minimum Gasteiger partial charge on any atom is -0.352 e. The minimum atomic E-state index is -0.351. The molecule has 7 heteroatoms. The van der Waals surface area contributed by atoms with Gasteiger partial charge in [-0.3, -0.25) is 9.59 Å².